The van der Waals surface area contributed by atoms with Crippen molar-refractivity contribution in [2.45, 2.75) is 58.3 Å². The third-order valence-electron chi connectivity index (χ3n) is 6.46. The lowest BCUT2D eigenvalue weighted by Crippen LogP contribution is -2.39. The van der Waals surface area contributed by atoms with Crippen molar-refractivity contribution < 1.29 is 18.0 Å². The molecule has 1 amide bonds. The lowest BCUT2D eigenvalue weighted by molar-refractivity contribution is -0.141. The molecule has 1 saturated carbocycles. The number of pyridine rings is 2. The number of carbonyl (C=O) groups excluding carboxylic acids is 1. The van der Waals surface area contributed by atoms with Gasteiger partial charge in [0.25, 0.3) is 11.5 Å². The first-order chi connectivity index (χ1) is 18.6. The van der Waals surface area contributed by atoms with Gasteiger partial charge in [-0.2, -0.15) is 13.2 Å². The van der Waals surface area contributed by atoms with Gasteiger partial charge in [-0.3, -0.25) is 28.6 Å². The molecule has 39 heavy (non-hydrogen) atoms. The number of fused-ring (bicyclic) bond motifs is 1. The van der Waals surface area contributed by atoms with Gasteiger partial charge in [-0.1, -0.05) is 13.8 Å². The molecule has 1 aliphatic rings. The Kier molecular flexibility index (Phi) is 6.83. The van der Waals surface area contributed by atoms with Gasteiger partial charge in [0, 0.05) is 37.1 Å². The van der Waals surface area contributed by atoms with Crippen LogP contribution in [0.25, 0.3) is 22.6 Å². The maximum atomic E-state index is 13.1. The molecule has 1 aliphatic carbocycles. The summed E-state index contributed by atoms with van der Waals surface area (Å²) in [5.74, 6) is 0.103. The second-order valence-electron chi connectivity index (χ2n) is 9.42. The monoisotopic (exact) mass is 541 g/mol. The zero-order valence-corrected chi connectivity index (χ0v) is 21.3. The number of aryl methyl sites for hydroxylation is 1. The molecular formula is C26H26F3N7O3. The summed E-state index contributed by atoms with van der Waals surface area (Å²) in [5.41, 5.74) is -0.800. The van der Waals surface area contributed by atoms with Gasteiger partial charge in [-0.15, -0.1) is 0 Å². The van der Waals surface area contributed by atoms with Gasteiger partial charge >= 0.3 is 11.9 Å². The summed E-state index contributed by atoms with van der Waals surface area (Å²) < 4.78 is 41.4. The van der Waals surface area contributed by atoms with Crippen LogP contribution in [0.2, 0.25) is 0 Å². The number of nitrogens with one attached hydrogen (secondary N) is 1. The molecule has 0 aromatic carbocycles. The highest BCUT2D eigenvalue weighted by Crippen LogP contribution is 2.32. The number of H-pyrrole nitrogens is 1. The highest BCUT2D eigenvalue weighted by molar-refractivity contribution is 6.05. The topological polar surface area (TPSA) is 119 Å². The number of alkyl halides is 3. The molecule has 13 heteroatoms. The van der Waals surface area contributed by atoms with E-state index in [1.165, 1.54) is 20.2 Å². The summed E-state index contributed by atoms with van der Waals surface area (Å²) >= 11 is 0. The third kappa shape index (κ3) is 4.95. The fourth-order valence-corrected chi connectivity index (χ4v) is 4.43. The van der Waals surface area contributed by atoms with Gasteiger partial charge in [-0.25, -0.2) is 14.8 Å². The predicted octanol–water partition coefficient (Wildman–Crippen LogP) is 4.16. The molecule has 4 aromatic heterocycles. The molecule has 1 N–H and O–H groups in total. The molecule has 0 atom stereocenters. The molecule has 0 spiro atoms. The average molecular weight is 542 g/mol. The van der Waals surface area contributed by atoms with Crippen LogP contribution in [-0.2, 0) is 12.7 Å². The number of halogens is 3. The Balaban J connectivity index is 1.48. The minimum Gasteiger partial charge on any atom is -0.332 e. The highest BCUT2D eigenvalue weighted by Gasteiger charge is 2.33. The molecule has 204 valence electrons. The Hall–Kier alpha value is -4.29. The van der Waals surface area contributed by atoms with Gasteiger partial charge in [-0.05, 0) is 49.9 Å². The number of aromatic amines is 1. The first kappa shape index (κ1) is 26.3. The van der Waals surface area contributed by atoms with Gasteiger partial charge in [0.1, 0.15) is 22.9 Å². The third-order valence-corrected chi connectivity index (χ3v) is 6.46. The van der Waals surface area contributed by atoms with E-state index in [0.29, 0.717) is 36.6 Å². The normalized spacial score (nSPS) is 13.7. The predicted molar refractivity (Wildman–Crippen MR) is 138 cm³/mol. The zero-order chi connectivity index (χ0) is 27.9. The second-order valence-corrected chi connectivity index (χ2v) is 9.42. The van der Waals surface area contributed by atoms with E-state index in [1.54, 1.807) is 12.1 Å². The van der Waals surface area contributed by atoms with Gasteiger partial charge in [0.05, 0.1) is 5.56 Å². The molecule has 4 aromatic rings. The van der Waals surface area contributed by atoms with Crippen molar-refractivity contribution in [3.63, 3.8) is 0 Å². The van der Waals surface area contributed by atoms with Crippen LogP contribution in [-0.4, -0.2) is 41.5 Å². The summed E-state index contributed by atoms with van der Waals surface area (Å²) in [6, 6.07) is 5.03. The van der Waals surface area contributed by atoms with E-state index in [4.69, 9.17) is 0 Å². The largest absolute Gasteiger partial charge is 0.433 e. The minimum absolute atomic E-state index is 0.000415. The number of anilines is 1. The zero-order valence-electron chi connectivity index (χ0n) is 21.3. The van der Waals surface area contributed by atoms with Crippen LogP contribution < -0.4 is 16.1 Å². The summed E-state index contributed by atoms with van der Waals surface area (Å²) in [5, 5.41) is 0. The molecule has 0 unspecified atom stereocenters. The van der Waals surface area contributed by atoms with Crippen LogP contribution in [0.1, 0.15) is 61.6 Å². The Morgan fingerprint density at radius 1 is 1.08 bits per heavy atom. The van der Waals surface area contributed by atoms with E-state index in [9.17, 15) is 27.6 Å². The smallest absolute Gasteiger partial charge is 0.332 e. The molecule has 0 saturated heterocycles. The van der Waals surface area contributed by atoms with Crippen molar-refractivity contribution in [2.24, 2.45) is 0 Å². The number of imidazole rings is 1. The van der Waals surface area contributed by atoms with Gasteiger partial charge in [0.2, 0.25) is 0 Å². The van der Waals surface area contributed by atoms with E-state index < -0.39 is 23.3 Å². The van der Waals surface area contributed by atoms with Crippen molar-refractivity contribution in [1.82, 2.24) is 29.1 Å². The van der Waals surface area contributed by atoms with Crippen LogP contribution in [0.4, 0.5) is 19.0 Å². The lowest BCUT2D eigenvalue weighted by atomic mass is 10.2. The molecule has 10 nitrogen and oxygen atoms in total. The molecule has 0 bridgehead atoms. The van der Waals surface area contributed by atoms with Crippen molar-refractivity contribution in [2.75, 3.05) is 11.4 Å². The van der Waals surface area contributed by atoms with Crippen molar-refractivity contribution in [3.05, 3.63) is 68.8 Å². The summed E-state index contributed by atoms with van der Waals surface area (Å²) in [4.78, 5) is 55.9. The summed E-state index contributed by atoms with van der Waals surface area (Å²) in [7, 11) is 0. The van der Waals surface area contributed by atoms with E-state index >= 15 is 0 Å². The number of carbonyl (C=O) groups is 1. The molecule has 5 rings (SSSR count). The van der Waals surface area contributed by atoms with E-state index in [1.807, 2.05) is 13.8 Å². The number of hydrogen-bond donors (Lipinski definition) is 1. The highest BCUT2D eigenvalue weighted by atomic mass is 19.4. The maximum Gasteiger partial charge on any atom is 0.433 e. The van der Waals surface area contributed by atoms with Crippen LogP contribution in [0.5, 0.6) is 0 Å². The Morgan fingerprint density at radius 3 is 2.41 bits per heavy atom. The molecular weight excluding hydrogens is 515 g/mol. The quantitative estimate of drug-likeness (QED) is 0.358. The fraction of sp³-hybridized carbons (Fsp3) is 0.385. The molecule has 0 radical (unpaired) electrons. The van der Waals surface area contributed by atoms with Crippen LogP contribution >= 0.6 is 0 Å². The SMILES string of the molecule is CCCN(C(=O)c1ccc(C(F)(F)F)nc1)c1ccc(-c2nc3c([nH]2)c(=O)n(C2CC2)c(=O)n3CCC)cn1. The Bertz CT molecular complexity index is 1630. The maximum absolute atomic E-state index is 13.1. The van der Waals surface area contributed by atoms with Crippen molar-refractivity contribution in [1.29, 1.82) is 0 Å². The van der Waals surface area contributed by atoms with E-state index in [-0.39, 0.29) is 35.0 Å². The van der Waals surface area contributed by atoms with E-state index in [2.05, 4.69) is 19.9 Å². The average Bonchev–Trinajstić information content (AvgIpc) is 3.65. The first-order valence-corrected chi connectivity index (χ1v) is 12.7. The Morgan fingerprint density at radius 2 is 1.85 bits per heavy atom. The summed E-state index contributed by atoms with van der Waals surface area (Å²) in [6.07, 6.45) is 0.621. The first-order valence-electron chi connectivity index (χ1n) is 12.7. The van der Waals surface area contributed by atoms with Crippen LogP contribution in [0.3, 0.4) is 0 Å². The van der Waals surface area contributed by atoms with E-state index in [0.717, 1.165) is 31.2 Å². The van der Waals surface area contributed by atoms with Crippen LogP contribution in [0.15, 0.2) is 46.2 Å². The fourth-order valence-electron chi connectivity index (χ4n) is 4.43. The number of hydrogen-bond acceptors (Lipinski definition) is 6. The lowest BCUT2D eigenvalue weighted by Gasteiger charge is -2.21. The molecule has 1 fully saturated rings. The Labute approximate surface area is 220 Å². The number of amides is 1. The van der Waals surface area contributed by atoms with Crippen molar-refractivity contribution in [3.8, 4) is 11.4 Å². The minimum atomic E-state index is -4.60. The molecule has 4 heterocycles. The molecule has 0 aliphatic heterocycles. The standard InChI is InChI=1S/C26H26F3N7O3/c1-3-11-34(23(37)16-5-9-18(30-14-16)26(27,28)29)19-10-6-15(13-31-19)21-32-20-22(33-21)35(12-4-2)25(39)36(24(20)38)17-7-8-17/h5-6,9-10,13-14,17H,3-4,7-8,11-12H2,1-2H3,(H,32,33). The number of nitrogens with zero attached hydrogens (tertiary/aromatic N) is 6. The van der Waals surface area contributed by atoms with Crippen LogP contribution in [0, 0.1) is 0 Å². The van der Waals surface area contributed by atoms with Gasteiger partial charge < -0.3 is 4.98 Å². The number of rotatable bonds is 8. The number of aromatic nitrogens is 6. The van der Waals surface area contributed by atoms with Crippen molar-refractivity contribution >= 4 is 22.9 Å². The second kappa shape index (κ2) is 10.1. The van der Waals surface area contributed by atoms with Gasteiger partial charge in [0.15, 0.2) is 5.65 Å². The summed E-state index contributed by atoms with van der Waals surface area (Å²) in [6.45, 7) is 4.49.